The Labute approximate surface area is 134 Å². The van der Waals surface area contributed by atoms with Crippen LogP contribution in [0, 0.1) is 0 Å². The van der Waals surface area contributed by atoms with Gasteiger partial charge in [0, 0.05) is 24.0 Å². The molecule has 1 aliphatic heterocycles. The number of halogens is 1. The second kappa shape index (κ2) is 6.15. The van der Waals surface area contributed by atoms with Crippen LogP contribution in [0.5, 0.6) is 11.5 Å². The number of hydrogen-bond donors (Lipinski definition) is 1. The number of ether oxygens (including phenoxy) is 3. The Morgan fingerprint density at radius 1 is 1.24 bits per heavy atom. The molecular weight excluding hydrogens is 334 g/mol. The van der Waals surface area contributed by atoms with Gasteiger partial charge in [0.25, 0.3) is 0 Å². The van der Waals surface area contributed by atoms with Gasteiger partial charge >= 0.3 is 0 Å². The van der Waals surface area contributed by atoms with Gasteiger partial charge in [-0.1, -0.05) is 15.9 Å². The van der Waals surface area contributed by atoms with Crippen molar-refractivity contribution in [1.82, 2.24) is 0 Å². The summed E-state index contributed by atoms with van der Waals surface area (Å²) >= 11 is 3.61. The first kappa shape index (κ1) is 15.1. The lowest BCUT2D eigenvalue weighted by Crippen LogP contribution is -2.41. The largest absolute Gasteiger partial charge is 0.490 e. The van der Waals surface area contributed by atoms with Gasteiger partial charge in [0.05, 0.1) is 18.8 Å². The molecule has 1 unspecified atom stereocenters. The van der Waals surface area contributed by atoms with E-state index in [-0.39, 0.29) is 11.6 Å². The van der Waals surface area contributed by atoms with Crippen LogP contribution in [0.4, 0.5) is 0 Å². The van der Waals surface area contributed by atoms with Crippen molar-refractivity contribution in [2.24, 2.45) is 5.73 Å². The third-order valence-corrected chi connectivity index (χ3v) is 5.24. The van der Waals surface area contributed by atoms with Crippen molar-refractivity contribution in [2.45, 2.75) is 43.7 Å². The predicted octanol–water partition coefficient (Wildman–Crippen LogP) is 3.57. The molecule has 1 fully saturated rings. The summed E-state index contributed by atoms with van der Waals surface area (Å²) in [6.07, 6.45) is 5.16. The van der Waals surface area contributed by atoms with Crippen molar-refractivity contribution in [3.8, 4) is 11.5 Å². The Balaban J connectivity index is 1.82. The standard InChI is InChI=1S/C16H22BrNO3/c1-19-16(4-2-5-16)10-13(18)11-8-14-15(9-12(11)17)21-7-3-6-20-14/h8-9,13H,2-7,10,18H2,1H3. The molecule has 0 bridgehead atoms. The summed E-state index contributed by atoms with van der Waals surface area (Å²) in [6.45, 7) is 1.38. The quantitative estimate of drug-likeness (QED) is 0.896. The van der Waals surface area contributed by atoms with Crippen LogP contribution in [0.3, 0.4) is 0 Å². The average molecular weight is 356 g/mol. The minimum Gasteiger partial charge on any atom is -0.490 e. The van der Waals surface area contributed by atoms with Crippen LogP contribution >= 0.6 is 15.9 Å². The second-order valence-electron chi connectivity index (χ2n) is 5.92. The summed E-state index contributed by atoms with van der Waals surface area (Å²) in [7, 11) is 1.79. The molecule has 1 atom stereocenters. The first-order valence-corrected chi connectivity index (χ1v) is 8.33. The van der Waals surface area contributed by atoms with Crippen molar-refractivity contribution < 1.29 is 14.2 Å². The maximum absolute atomic E-state index is 6.43. The lowest BCUT2D eigenvalue weighted by atomic mass is 9.75. The monoisotopic (exact) mass is 355 g/mol. The van der Waals surface area contributed by atoms with Crippen LogP contribution < -0.4 is 15.2 Å². The van der Waals surface area contributed by atoms with Gasteiger partial charge in [-0.2, -0.15) is 0 Å². The number of fused-ring (bicyclic) bond motifs is 1. The van der Waals surface area contributed by atoms with Gasteiger partial charge in [0.2, 0.25) is 0 Å². The zero-order valence-electron chi connectivity index (χ0n) is 12.4. The van der Waals surface area contributed by atoms with Gasteiger partial charge in [-0.15, -0.1) is 0 Å². The summed E-state index contributed by atoms with van der Waals surface area (Å²) < 4.78 is 18.1. The highest BCUT2D eigenvalue weighted by molar-refractivity contribution is 9.10. The summed E-state index contributed by atoms with van der Waals surface area (Å²) in [5.74, 6) is 1.58. The normalized spacial score (nSPS) is 21.3. The lowest BCUT2D eigenvalue weighted by Gasteiger charge is -2.42. The van der Waals surface area contributed by atoms with E-state index in [1.165, 1.54) is 6.42 Å². The fourth-order valence-corrected chi connectivity index (χ4v) is 3.67. The van der Waals surface area contributed by atoms with Crippen LogP contribution in [0.15, 0.2) is 16.6 Å². The Kier molecular flexibility index (Phi) is 4.43. The molecule has 1 aliphatic carbocycles. The SMILES string of the molecule is COC1(CC(N)c2cc3c(cc2Br)OCCCO3)CCC1. The van der Waals surface area contributed by atoms with Crippen LogP contribution in [0.25, 0.3) is 0 Å². The molecule has 0 amide bonds. The van der Waals surface area contributed by atoms with Crippen molar-refractivity contribution in [3.05, 3.63) is 22.2 Å². The highest BCUT2D eigenvalue weighted by Gasteiger charge is 2.39. The van der Waals surface area contributed by atoms with E-state index in [1.54, 1.807) is 7.11 Å². The fourth-order valence-electron chi connectivity index (χ4n) is 3.06. The van der Waals surface area contributed by atoms with Gasteiger partial charge in [-0.05, 0) is 43.4 Å². The third kappa shape index (κ3) is 3.05. The van der Waals surface area contributed by atoms with Crippen LogP contribution in [0.1, 0.15) is 43.7 Å². The van der Waals surface area contributed by atoms with E-state index in [1.807, 2.05) is 12.1 Å². The number of nitrogens with two attached hydrogens (primary N) is 1. The van der Waals surface area contributed by atoms with Crippen molar-refractivity contribution in [2.75, 3.05) is 20.3 Å². The second-order valence-corrected chi connectivity index (χ2v) is 6.78. The maximum Gasteiger partial charge on any atom is 0.162 e. The van der Waals surface area contributed by atoms with E-state index in [2.05, 4.69) is 15.9 Å². The molecule has 0 saturated heterocycles. The molecule has 1 aromatic carbocycles. The molecule has 5 heteroatoms. The van der Waals surface area contributed by atoms with E-state index < -0.39 is 0 Å². The highest BCUT2D eigenvalue weighted by atomic mass is 79.9. The van der Waals surface area contributed by atoms with Crippen LogP contribution in [-0.4, -0.2) is 25.9 Å². The third-order valence-electron chi connectivity index (χ3n) is 4.56. The predicted molar refractivity (Wildman–Crippen MR) is 84.9 cm³/mol. The van der Waals surface area contributed by atoms with Gasteiger partial charge in [0.1, 0.15) is 0 Å². The molecule has 1 heterocycles. The molecular formula is C16H22BrNO3. The van der Waals surface area contributed by atoms with E-state index in [0.29, 0.717) is 13.2 Å². The maximum atomic E-state index is 6.43. The molecule has 0 spiro atoms. The van der Waals surface area contributed by atoms with Crippen molar-refractivity contribution in [3.63, 3.8) is 0 Å². The lowest BCUT2D eigenvalue weighted by molar-refractivity contribution is -0.0817. The molecule has 4 nitrogen and oxygen atoms in total. The van der Waals surface area contributed by atoms with Crippen LogP contribution in [-0.2, 0) is 4.74 Å². The Bertz CT molecular complexity index is 511. The van der Waals surface area contributed by atoms with E-state index in [4.69, 9.17) is 19.9 Å². The number of hydrogen-bond acceptors (Lipinski definition) is 4. The van der Waals surface area contributed by atoms with Crippen molar-refractivity contribution >= 4 is 15.9 Å². The first-order valence-electron chi connectivity index (χ1n) is 7.53. The average Bonchev–Trinajstić information content (AvgIpc) is 2.66. The summed E-state index contributed by atoms with van der Waals surface area (Å²) in [4.78, 5) is 0. The molecule has 21 heavy (non-hydrogen) atoms. The summed E-state index contributed by atoms with van der Waals surface area (Å²) in [6, 6.07) is 3.91. The topological polar surface area (TPSA) is 53.7 Å². The summed E-state index contributed by atoms with van der Waals surface area (Å²) in [5, 5.41) is 0. The molecule has 0 radical (unpaired) electrons. The smallest absolute Gasteiger partial charge is 0.162 e. The van der Waals surface area contributed by atoms with E-state index in [0.717, 1.165) is 47.2 Å². The van der Waals surface area contributed by atoms with E-state index in [9.17, 15) is 0 Å². The molecule has 1 saturated carbocycles. The Morgan fingerprint density at radius 2 is 1.90 bits per heavy atom. The zero-order valence-corrected chi connectivity index (χ0v) is 13.9. The molecule has 2 N–H and O–H groups in total. The Hall–Kier alpha value is -0.780. The van der Waals surface area contributed by atoms with Gasteiger partial charge in [-0.3, -0.25) is 0 Å². The highest BCUT2D eigenvalue weighted by Crippen LogP contribution is 2.44. The Morgan fingerprint density at radius 3 is 2.48 bits per heavy atom. The number of rotatable bonds is 4. The number of benzene rings is 1. The first-order chi connectivity index (χ1) is 10.1. The molecule has 2 aliphatic rings. The van der Waals surface area contributed by atoms with Gasteiger partial charge in [0.15, 0.2) is 11.5 Å². The summed E-state index contributed by atoms with van der Waals surface area (Å²) in [5.41, 5.74) is 7.45. The number of methoxy groups -OCH3 is 1. The molecule has 3 rings (SSSR count). The van der Waals surface area contributed by atoms with Crippen LogP contribution in [0.2, 0.25) is 0 Å². The fraction of sp³-hybridized carbons (Fsp3) is 0.625. The molecule has 116 valence electrons. The minimum atomic E-state index is -0.0724. The molecule has 1 aromatic rings. The zero-order chi connectivity index (χ0) is 14.9. The van der Waals surface area contributed by atoms with Gasteiger partial charge in [-0.25, -0.2) is 0 Å². The minimum absolute atomic E-state index is 0.0387. The van der Waals surface area contributed by atoms with Crippen molar-refractivity contribution in [1.29, 1.82) is 0 Å². The van der Waals surface area contributed by atoms with Gasteiger partial charge < -0.3 is 19.9 Å². The van der Waals surface area contributed by atoms with E-state index >= 15 is 0 Å². The molecule has 0 aromatic heterocycles.